The van der Waals surface area contributed by atoms with E-state index in [1.807, 2.05) is 15.9 Å². The van der Waals surface area contributed by atoms with Gasteiger partial charge in [0.1, 0.15) is 6.61 Å². The molecule has 0 bridgehead atoms. The van der Waals surface area contributed by atoms with E-state index in [9.17, 15) is 4.79 Å². The van der Waals surface area contributed by atoms with E-state index in [-0.39, 0.29) is 17.4 Å². The van der Waals surface area contributed by atoms with E-state index in [0.29, 0.717) is 12.4 Å². The Morgan fingerprint density at radius 3 is 2.83 bits per heavy atom. The lowest BCUT2D eigenvalue weighted by Gasteiger charge is -2.41. The zero-order valence-corrected chi connectivity index (χ0v) is 18.3. The maximum atomic E-state index is 13.0. The molecule has 4 heterocycles. The maximum absolute atomic E-state index is 13.0. The van der Waals surface area contributed by atoms with Crippen molar-refractivity contribution in [1.82, 2.24) is 25.0 Å². The number of hydrogen-bond acceptors (Lipinski definition) is 6. The Balaban J connectivity index is 1.26. The first kappa shape index (κ1) is 20.2. The smallest absolute Gasteiger partial charge is 0.289 e. The maximum Gasteiger partial charge on any atom is 0.289 e. The predicted molar refractivity (Wildman–Crippen MR) is 115 cm³/mol. The second kappa shape index (κ2) is 8.77. The number of hydrogen-bond donors (Lipinski definition) is 1. The van der Waals surface area contributed by atoms with E-state index < -0.39 is 0 Å². The zero-order valence-electron chi connectivity index (χ0n) is 17.5. The summed E-state index contributed by atoms with van der Waals surface area (Å²) in [6.45, 7) is 5.08. The summed E-state index contributed by atoms with van der Waals surface area (Å²) in [5.41, 5.74) is 0.0550. The van der Waals surface area contributed by atoms with Gasteiger partial charge in [-0.25, -0.2) is 0 Å². The normalized spacial score (nSPS) is 22.5. The number of piperidine rings is 1. The van der Waals surface area contributed by atoms with Crippen LogP contribution in [-0.4, -0.2) is 51.3 Å². The van der Waals surface area contributed by atoms with Crippen LogP contribution in [0, 0.1) is 5.41 Å². The summed E-state index contributed by atoms with van der Waals surface area (Å²) in [7, 11) is 0. The quantitative estimate of drug-likeness (QED) is 0.808. The third-order valence-electron chi connectivity index (χ3n) is 6.98. The van der Waals surface area contributed by atoms with Gasteiger partial charge in [0.05, 0.1) is 6.61 Å². The van der Waals surface area contributed by atoms with Crippen molar-refractivity contribution < 1.29 is 9.53 Å². The number of carbonyl (C=O) groups excluding carboxylic acids is 1. The summed E-state index contributed by atoms with van der Waals surface area (Å²) >= 11 is 1.83. The minimum Gasteiger partial charge on any atom is -0.373 e. The summed E-state index contributed by atoms with van der Waals surface area (Å²) in [6, 6.07) is 4.61. The van der Waals surface area contributed by atoms with E-state index in [0.717, 1.165) is 64.3 Å². The van der Waals surface area contributed by atoms with Crippen LogP contribution in [0.2, 0.25) is 0 Å². The topological polar surface area (TPSA) is 72.3 Å². The van der Waals surface area contributed by atoms with Crippen LogP contribution in [0.1, 0.15) is 66.3 Å². The lowest BCUT2D eigenvalue weighted by atomic mass is 9.79. The second-order valence-electron chi connectivity index (χ2n) is 9.18. The molecule has 2 aromatic heterocycles. The van der Waals surface area contributed by atoms with Crippen molar-refractivity contribution in [2.75, 3.05) is 19.7 Å². The first-order valence-electron chi connectivity index (χ1n) is 11.3. The van der Waals surface area contributed by atoms with Gasteiger partial charge in [-0.15, -0.1) is 21.5 Å². The number of aromatic nitrogens is 3. The average Bonchev–Trinajstić information content (AvgIpc) is 3.37. The standard InChI is InChI=1S/C22H31N5O2S/c28-21(23-17-5-2-1-3-6-17)20-25-24-19-14-29-16-22(15-27(19)20)8-10-26(11-9-22)13-18-7-4-12-30-18/h4,7,12,17H,1-3,5-6,8-11,13-16H2,(H,23,28). The van der Waals surface area contributed by atoms with Crippen molar-refractivity contribution in [1.29, 1.82) is 0 Å². The fourth-order valence-corrected chi connectivity index (χ4v) is 5.87. The number of nitrogens with one attached hydrogen (secondary N) is 1. The largest absolute Gasteiger partial charge is 0.373 e. The molecule has 1 spiro atoms. The first-order chi connectivity index (χ1) is 14.7. The van der Waals surface area contributed by atoms with Crippen LogP contribution in [0.5, 0.6) is 0 Å². The molecule has 2 aromatic rings. The Labute approximate surface area is 181 Å². The number of rotatable bonds is 4. The lowest BCUT2D eigenvalue weighted by Crippen LogP contribution is -2.44. The van der Waals surface area contributed by atoms with E-state index in [4.69, 9.17) is 4.74 Å². The Morgan fingerprint density at radius 2 is 2.07 bits per heavy atom. The van der Waals surface area contributed by atoms with Crippen LogP contribution in [0.3, 0.4) is 0 Å². The summed E-state index contributed by atoms with van der Waals surface area (Å²) in [4.78, 5) is 16.9. The van der Waals surface area contributed by atoms with Crippen LogP contribution in [0.4, 0.5) is 0 Å². The van der Waals surface area contributed by atoms with Crippen molar-refractivity contribution in [3.8, 4) is 0 Å². The predicted octanol–water partition coefficient (Wildman–Crippen LogP) is 3.21. The fourth-order valence-electron chi connectivity index (χ4n) is 5.12. The van der Waals surface area contributed by atoms with Crippen molar-refractivity contribution in [3.05, 3.63) is 34.0 Å². The van der Waals surface area contributed by atoms with E-state index in [1.54, 1.807) is 0 Å². The highest BCUT2D eigenvalue weighted by atomic mass is 32.1. The highest BCUT2D eigenvalue weighted by Gasteiger charge is 2.39. The molecule has 0 unspecified atom stereocenters. The fraction of sp³-hybridized carbons (Fsp3) is 0.682. The van der Waals surface area contributed by atoms with Crippen LogP contribution >= 0.6 is 11.3 Å². The lowest BCUT2D eigenvalue weighted by molar-refractivity contribution is -0.00552. The molecular formula is C22H31N5O2S. The number of likely N-dealkylation sites (tertiary alicyclic amines) is 1. The van der Waals surface area contributed by atoms with Gasteiger partial charge in [-0.2, -0.15) is 0 Å². The molecule has 30 heavy (non-hydrogen) atoms. The third-order valence-corrected chi connectivity index (χ3v) is 7.84. The van der Waals surface area contributed by atoms with Crippen LogP contribution in [-0.2, 0) is 24.4 Å². The Morgan fingerprint density at radius 1 is 1.23 bits per heavy atom. The molecule has 7 nitrogen and oxygen atoms in total. The van der Waals surface area contributed by atoms with Gasteiger partial charge in [-0.1, -0.05) is 25.3 Å². The van der Waals surface area contributed by atoms with Gasteiger partial charge < -0.3 is 14.6 Å². The highest BCUT2D eigenvalue weighted by Crippen LogP contribution is 2.37. The number of fused-ring (bicyclic) bond motifs is 1. The van der Waals surface area contributed by atoms with Gasteiger partial charge in [-0.05, 0) is 50.2 Å². The summed E-state index contributed by atoms with van der Waals surface area (Å²) in [5.74, 6) is 1.16. The molecular weight excluding hydrogens is 398 g/mol. The van der Waals surface area contributed by atoms with Gasteiger partial charge in [-0.3, -0.25) is 9.69 Å². The molecule has 162 valence electrons. The molecule has 8 heteroatoms. The molecule has 3 aliphatic rings. The molecule has 2 aliphatic heterocycles. The zero-order chi connectivity index (χ0) is 20.4. The number of amides is 1. The van der Waals surface area contributed by atoms with E-state index in [1.165, 1.54) is 24.1 Å². The number of carbonyl (C=O) groups is 1. The average molecular weight is 430 g/mol. The summed E-state index contributed by atoms with van der Waals surface area (Å²) in [6.07, 6.45) is 7.94. The Hall–Kier alpha value is -1.77. The summed E-state index contributed by atoms with van der Waals surface area (Å²) < 4.78 is 8.07. The molecule has 5 rings (SSSR count). The summed E-state index contributed by atoms with van der Waals surface area (Å²) in [5, 5.41) is 13.9. The van der Waals surface area contributed by atoms with Crippen molar-refractivity contribution >= 4 is 17.2 Å². The highest BCUT2D eigenvalue weighted by molar-refractivity contribution is 7.09. The molecule has 0 aromatic carbocycles. The molecule has 1 aliphatic carbocycles. The molecule has 1 N–H and O–H groups in total. The molecule has 1 amide bonds. The number of ether oxygens (including phenoxy) is 1. The monoisotopic (exact) mass is 429 g/mol. The molecule has 1 saturated carbocycles. The number of thiophene rings is 1. The van der Waals surface area contributed by atoms with Gasteiger partial charge in [0.25, 0.3) is 5.91 Å². The van der Waals surface area contributed by atoms with Gasteiger partial charge in [0.2, 0.25) is 5.82 Å². The van der Waals surface area contributed by atoms with Crippen molar-refractivity contribution in [2.45, 2.75) is 70.7 Å². The van der Waals surface area contributed by atoms with Crippen molar-refractivity contribution in [2.24, 2.45) is 5.41 Å². The molecule has 0 atom stereocenters. The van der Waals surface area contributed by atoms with E-state index >= 15 is 0 Å². The first-order valence-corrected chi connectivity index (χ1v) is 12.1. The number of nitrogens with zero attached hydrogens (tertiary/aromatic N) is 4. The van der Waals surface area contributed by atoms with Gasteiger partial charge >= 0.3 is 0 Å². The Bertz CT molecular complexity index is 851. The van der Waals surface area contributed by atoms with Gasteiger partial charge in [0, 0.05) is 29.4 Å². The van der Waals surface area contributed by atoms with Gasteiger partial charge in [0.15, 0.2) is 5.82 Å². The molecule has 0 radical (unpaired) electrons. The van der Waals surface area contributed by atoms with Crippen molar-refractivity contribution in [3.63, 3.8) is 0 Å². The van der Waals surface area contributed by atoms with Crippen LogP contribution in [0.15, 0.2) is 17.5 Å². The Kier molecular flexibility index (Phi) is 5.89. The third kappa shape index (κ3) is 4.31. The molecule has 2 fully saturated rings. The second-order valence-corrected chi connectivity index (χ2v) is 10.2. The van der Waals surface area contributed by atoms with E-state index in [2.05, 4.69) is 37.9 Å². The van der Waals surface area contributed by atoms with Crippen LogP contribution in [0.25, 0.3) is 0 Å². The van der Waals surface area contributed by atoms with Crippen LogP contribution < -0.4 is 5.32 Å². The SMILES string of the molecule is O=C(NC1CCCCC1)c1nnc2n1CC1(CCN(Cc3cccs3)CC1)COC2. The minimum absolute atomic E-state index is 0.0550. The molecule has 1 saturated heterocycles. The minimum atomic E-state index is -0.0761.